The number of amides is 1. The lowest BCUT2D eigenvalue weighted by molar-refractivity contribution is -0.0314. The molecule has 1 unspecified atom stereocenters. The summed E-state index contributed by atoms with van der Waals surface area (Å²) in [5.74, 6) is 0.754. The maximum atomic E-state index is 12.4. The molecule has 31 heavy (non-hydrogen) atoms. The van der Waals surface area contributed by atoms with Crippen LogP contribution in [0.4, 0.5) is 10.5 Å². The van der Waals surface area contributed by atoms with E-state index < -0.39 is 5.60 Å². The molecule has 0 bridgehead atoms. The van der Waals surface area contributed by atoms with Gasteiger partial charge in [-0.2, -0.15) is 0 Å². The number of hydrogen-bond donors (Lipinski definition) is 2. The number of nitrogens with one attached hydrogen (secondary N) is 1. The summed E-state index contributed by atoms with van der Waals surface area (Å²) in [5, 5.41) is 12.4. The zero-order valence-electron chi connectivity index (χ0n) is 17.6. The quantitative estimate of drug-likeness (QED) is 0.660. The molecule has 0 saturated carbocycles. The highest BCUT2D eigenvalue weighted by atomic mass is 16.6. The molecule has 2 aliphatic rings. The highest BCUT2D eigenvalue weighted by molar-refractivity contribution is 5.89. The number of benzene rings is 2. The lowest BCUT2D eigenvalue weighted by Crippen LogP contribution is -2.45. The van der Waals surface area contributed by atoms with Crippen LogP contribution in [-0.4, -0.2) is 60.5 Å². The fraction of sp³-hybridized carbons (Fsp3) is 0.375. The number of aromatic nitrogens is 1. The van der Waals surface area contributed by atoms with Crippen molar-refractivity contribution >= 4 is 22.7 Å². The third kappa shape index (κ3) is 3.75. The Labute approximate surface area is 181 Å². The number of carbonyl (C=O) groups excluding carboxylic acids is 1. The molecule has 0 spiro atoms. The number of likely N-dealkylation sites (tertiary alicyclic amines) is 1. The van der Waals surface area contributed by atoms with Crippen molar-refractivity contribution in [3.8, 4) is 5.75 Å². The number of H-pyrrole nitrogens is 1. The number of fused-ring (bicyclic) bond motifs is 1. The molecule has 0 aliphatic carbocycles. The van der Waals surface area contributed by atoms with E-state index in [1.54, 1.807) is 12.0 Å². The number of carbonyl (C=O) groups is 1. The summed E-state index contributed by atoms with van der Waals surface area (Å²) < 4.78 is 10.8. The third-order valence-corrected chi connectivity index (χ3v) is 6.49. The van der Waals surface area contributed by atoms with E-state index in [1.807, 2.05) is 48.7 Å². The van der Waals surface area contributed by atoms with E-state index in [0.29, 0.717) is 25.9 Å². The van der Waals surface area contributed by atoms with E-state index in [1.165, 1.54) is 0 Å². The van der Waals surface area contributed by atoms with Gasteiger partial charge in [-0.05, 0) is 43.2 Å². The molecule has 3 aromatic rings. The molecule has 2 saturated heterocycles. The van der Waals surface area contributed by atoms with E-state index in [9.17, 15) is 9.90 Å². The van der Waals surface area contributed by atoms with Crippen molar-refractivity contribution in [2.45, 2.75) is 24.5 Å². The van der Waals surface area contributed by atoms with Crippen molar-refractivity contribution < 1.29 is 19.4 Å². The number of para-hydroxylation sites is 1. The van der Waals surface area contributed by atoms with Gasteiger partial charge < -0.3 is 19.6 Å². The van der Waals surface area contributed by atoms with Gasteiger partial charge in [0.1, 0.15) is 11.9 Å². The SMILES string of the molecule is COc1ccc(N2CC(CN3CCC(O)(c4c[nH]c5ccccc45)CC3)OC2=O)cc1. The summed E-state index contributed by atoms with van der Waals surface area (Å²) in [6.45, 7) is 2.70. The molecule has 3 heterocycles. The molecular formula is C24H27N3O4. The lowest BCUT2D eigenvalue weighted by atomic mass is 9.84. The number of cyclic esters (lactones) is 1. The van der Waals surface area contributed by atoms with Gasteiger partial charge >= 0.3 is 6.09 Å². The summed E-state index contributed by atoms with van der Waals surface area (Å²) in [5.41, 5.74) is 1.99. The molecule has 5 rings (SSSR count). The molecule has 2 aromatic carbocycles. The van der Waals surface area contributed by atoms with Crippen molar-refractivity contribution in [3.05, 3.63) is 60.3 Å². The average molecular weight is 421 g/mol. The second-order valence-corrected chi connectivity index (χ2v) is 8.39. The zero-order valence-corrected chi connectivity index (χ0v) is 17.6. The second-order valence-electron chi connectivity index (χ2n) is 8.39. The van der Waals surface area contributed by atoms with E-state index in [2.05, 4.69) is 16.0 Å². The Hall–Kier alpha value is -3.03. The van der Waals surface area contributed by atoms with Crippen molar-refractivity contribution in [1.29, 1.82) is 0 Å². The van der Waals surface area contributed by atoms with Gasteiger partial charge in [0.05, 0.1) is 19.3 Å². The number of anilines is 1. The van der Waals surface area contributed by atoms with E-state index >= 15 is 0 Å². The fourth-order valence-corrected chi connectivity index (χ4v) is 4.71. The number of hydrogen-bond acceptors (Lipinski definition) is 5. The Balaban J connectivity index is 1.20. The van der Waals surface area contributed by atoms with Crippen molar-refractivity contribution in [2.24, 2.45) is 0 Å². The van der Waals surface area contributed by atoms with Gasteiger partial charge in [-0.15, -0.1) is 0 Å². The first kappa shape index (κ1) is 19.9. The summed E-state index contributed by atoms with van der Waals surface area (Å²) in [6.07, 6.45) is 2.73. The van der Waals surface area contributed by atoms with Crippen molar-refractivity contribution in [2.75, 3.05) is 38.2 Å². The van der Waals surface area contributed by atoms with Crippen molar-refractivity contribution in [3.63, 3.8) is 0 Å². The molecule has 0 radical (unpaired) electrons. The van der Waals surface area contributed by atoms with Crippen molar-refractivity contribution in [1.82, 2.24) is 9.88 Å². The summed E-state index contributed by atoms with van der Waals surface area (Å²) in [4.78, 5) is 19.6. The molecule has 162 valence electrons. The minimum absolute atomic E-state index is 0.186. The van der Waals surface area contributed by atoms with Crippen LogP contribution in [0.3, 0.4) is 0 Å². The Morgan fingerprint density at radius 3 is 2.65 bits per heavy atom. The number of methoxy groups -OCH3 is 1. The number of nitrogens with zero attached hydrogens (tertiary/aromatic N) is 2. The van der Waals surface area contributed by atoms with Gasteiger partial charge in [0.15, 0.2) is 0 Å². The Morgan fingerprint density at radius 1 is 1.16 bits per heavy atom. The lowest BCUT2D eigenvalue weighted by Gasteiger charge is -2.38. The maximum Gasteiger partial charge on any atom is 0.414 e. The minimum atomic E-state index is -0.836. The number of rotatable bonds is 5. The molecule has 1 aromatic heterocycles. The van der Waals surface area contributed by atoms with Crippen LogP contribution in [-0.2, 0) is 10.3 Å². The minimum Gasteiger partial charge on any atom is -0.497 e. The van der Waals surface area contributed by atoms with E-state index in [0.717, 1.165) is 41.0 Å². The third-order valence-electron chi connectivity index (χ3n) is 6.49. The molecule has 1 atom stereocenters. The summed E-state index contributed by atoms with van der Waals surface area (Å²) in [6, 6.07) is 15.5. The van der Waals surface area contributed by atoms with E-state index in [4.69, 9.17) is 9.47 Å². The van der Waals surface area contributed by atoms with Gasteiger partial charge in [0, 0.05) is 48.0 Å². The van der Waals surface area contributed by atoms with Crippen LogP contribution in [0.25, 0.3) is 10.9 Å². The van der Waals surface area contributed by atoms with Crippen LogP contribution in [0.2, 0.25) is 0 Å². The summed E-state index contributed by atoms with van der Waals surface area (Å²) >= 11 is 0. The van der Waals surface area contributed by atoms with Crippen LogP contribution >= 0.6 is 0 Å². The van der Waals surface area contributed by atoms with Crippen LogP contribution in [0, 0.1) is 0 Å². The second kappa shape index (κ2) is 7.90. The van der Waals surface area contributed by atoms with Crippen LogP contribution in [0.15, 0.2) is 54.7 Å². The predicted octanol–water partition coefficient (Wildman–Crippen LogP) is 3.49. The molecule has 2 aliphatic heterocycles. The molecule has 2 N–H and O–H groups in total. The van der Waals surface area contributed by atoms with Gasteiger partial charge in [0.25, 0.3) is 0 Å². The fourth-order valence-electron chi connectivity index (χ4n) is 4.71. The largest absolute Gasteiger partial charge is 0.497 e. The van der Waals surface area contributed by atoms with Gasteiger partial charge in [-0.3, -0.25) is 9.80 Å². The van der Waals surface area contributed by atoms with Crippen LogP contribution in [0.5, 0.6) is 5.75 Å². The maximum absolute atomic E-state index is 12.4. The highest BCUT2D eigenvalue weighted by Crippen LogP contribution is 2.37. The molecule has 7 nitrogen and oxygen atoms in total. The van der Waals surface area contributed by atoms with Crippen LogP contribution < -0.4 is 9.64 Å². The monoisotopic (exact) mass is 421 g/mol. The zero-order chi connectivity index (χ0) is 21.4. The molecule has 7 heteroatoms. The van der Waals surface area contributed by atoms with Gasteiger partial charge in [-0.25, -0.2) is 4.79 Å². The molecular weight excluding hydrogens is 394 g/mol. The molecule has 2 fully saturated rings. The number of aromatic amines is 1. The van der Waals surface area contributed by atoms with Gasteiger partial charge in [-0.1, -0.05) is 18.2 Å². The number of ether oxygens (including phenoxy) is 2. The topological polar surface area (TPSA) is 78.0 Å². The van der Waals surface area contributed by atoms with Crippen LogP contribution in [0.1, 0.15) is 18.4 Å². The predicted molar refractivity (Wildman–Crippen MR) is 118 cm³/mol. The number of piperidine rings is 1. The normalized spacial score (nSPS) is 21.4. The Bertz CT molecular complexity index is 1070. The first-order valence-corrected chi connectivity index (χ1v) is 10.7. The standard InChI is InChI=1S/C24H27N3O4/c1-30-18-8-6-17(7-9-18)27-16-19(31-23(27)28)15-26-12-10-24(29,11-13-26)21-14-25-22-5-3-2-4-20(21)22/h2-9,14,19,25,29H,10-13,15-16H2,1H3. The summed E-state index contributed by atoms with van der Waals surface area (Å²) in [7, 11) is 1.62. The Morgan fingerprint density at radius 2 is 1.90 bits per heavy atom. The smallest absolute Gasteiger partial charge is 0.414 e. The highest BCUT2D eigenvalue weighted by Gasteiger charge is 2.38. The number of aliphatic hydroxyl groups is 1. The van der Waals surface area contributed by atoms with Gasteiger partial charge in [0.2, 0.25) is 0 Å². The Kier molecular flexibility index (Phi) is 5.08. The van der Waals surface area contributed by atoms with E-state index in [-0.39, 0.29) is 12.2 Å². The average Bonchev–Trinajstić information content (AvgIpc) is 3.39. The first-order chi connectivity index (χ1) is 15.1. The molecule has 1 amide bonds. The first-order valence-electron chi connectivity index (χ1n) is 10.7.